The van der Waals surface area contributed by atoms with Crippen molar-refractivity contribution < 1.29 is 9.18 Å². The average Bonchev–Trinajstić information content (AvgIpc) is 3.00. The number of carbonyl (C=O) groups is 1. The molecule has 0 unspecified atom stereocenters. The summed E-state index contributed by atoms with van der Waals surface area (Å²) in [6.07, 6.45) is 1.52. The van der Waals surface area contributed by atoms with Crippen molar-refractivity contribution in [3.8, 4) is 5.69 Å². The van der Waals surface area contributed by atoms with E-state index in [2.05, 4.69) is 5.10 Å². The Morgan fingerprint density at radius 3 is 2.57 bits per heavy atom. The SMILES string of the molecule is O=C(c1cccc(F)c1Cl)c1ccnn1-c1ccccc1. The van der Waals surface area contributed by atoms with Crippen molar-refractivity contribution in [2.24, 2.45) is 0 Å². The van der Waals surface area contributed by atoms with Gasteiger partial charge in [0.25, 0.3) is 0 Å². The molecule has 1 heterocycles. The molecule has 0 N–H and O–H groups in total. The smallest absolute Gasteiger partial charge is 0.213 e. The second-order valence-electron chi connectivity index (χ2n) is 4.39. The minimum atomic E-state index is -0.617. The van der Waals surface area contributed by atoms with Crippen LogP contribution in [0.25, 0.3) is 5.69 Å². The molecule has 1 aromatic heterocycles. The number of hydrogen-bond acceptors (Lipinski definition) is 2. The first-order valence-corrected chi connectivity index (χ1v) is 6.64. The van der Waals surface area contributed by atoms with Crippen molar-refractivity contribution in [3.05, 3.63) is 82.9 Å². The second kappa shape index (κ2) is 5.50. The fourth-order valence-corrected chi connectivity index (χ4v) is 2.28. The van der Waals surface area contributed by atoms with E-state index >= 15 is 0 Å². The summed E-state index contributed by atoms with van der Waals surface area (Å²) in [5.74, 6) is -0.992. The van der Waals surface area contributed by atoms with Crippen molar-refractivity contribution in [1.82, 2.24) is 9.78 Å². The number of rotatable bonds is 3. The van der Waals surface area contributed by atoms with Crippen LogP contribution >= 0.6 is 11.6 Å². The highest BCUT2D eigenvalue weighted by Crippen LogP contribution is 2.23. The van der Waals surface area contributed by atoms with Crippen LogP contribution in [0.4, 0.5) is 4.39 Å². The second-order valence-corrected chi connectivity index (χ2v) is 4.77. The number of benzene rings is 2. The van der Waals surface area contributed by atoms with Gasteiger partial charge in [-0.3, -0.25) is 4.79 Å². The minimum Gasteiger partial charge on any atom is -0.287 e. The fraction of sp³-hybridized carbons (Fsp3) is 0. The highest BCUT2D eigenvalue weighted by Gasteiger charge is 2.19. The monoisotopic (exact) mass is 300 g/mol. The Balaban J connectivity index is 2.08. The quantitative estimate of drug-likeness (QED) is 0.688. The lowest BCUT2D eigenvalue weighted by atomic mass is 10.1. The molecule has 3 aromatic rings. The van der Waals surface area contributed by atoms with E-state index in [9.17, 15) is 9.18 Å². The van der Waals surface area contributed by atoms with Gasteiger partial charge in [-0.25, -0.2) is 9.07 Å². The van der Waals surface area contributed by atoms with Gasteiger partial charge < -0.3 is 0 Å². The van der Waals surface area contributed by atoms with Crippen LogP contribution in [0.1, 0.15) is 16.1 Å². The van der Waals surface area contributed by atoms with E-state index in [-0.39, 0.29) is 16.4 Å². The molecule has 104 valence electrons. The van der Waals surface area contributed by atoms with Gasteiger partial charge in [0.05, 0.1) is 16.9 Å². The van der Waals surface area contributed by atoms with E-state index in [0.717, 1.165) is 5.69 Å². The molecule has 3 rings (SSSR count). The molecule has 0 fully saturated rings. The molecule has 0 aliphatic carbocycles. The van der Waals surface area contributed by atoms with Gasteiger partial charge in [0.15, 0.2) is 0 Å². The highest BCUT2D eigenvalue weighted by atomic mass is 35.5. The van der Waals surface area contributed by atoms with Crippen LogP contribution in [-0.4, -0.2) is 15.6 Å². The molecule has 0 saturated heterocycles. The zero-order valence-corrected chi connectivity index (χ0v) is 11.6. The standard InChI is InChI=1S/C16H10ClFN2O/c17-15-12(7-4-8-13(15)18)16(21)14-9-10-19-20(14)11-5-2-1-3-6-11/h1-10H. The molecule has 2 aromatic carbocycles. The first-order valence-electron chi connectivity index (χ1n) is 6.26. The molecule has 5 heteroatoms. The number of halogens is 2. The number of para-hydroxylation sites is 1. The molecule has 0 atom stereocenters. The zero-order chi connectivity index (χ0) is 14.8. The van der Waals surface area contributed by atoms with Crippen LogP contribution in [0.2, 0.25) is 5.02 Å². The van der Waals surface area contributed by atoms with Crippen LogP contribution in [0, 0.1) is 5.82 Å². The summed E-state index contributed by atoms with van der Waals surface area (Å²) in [5, 5.41) is 3.97. The first kappa shape index (κ1) is 13.5. The first-order chi connectivity index (χ1) is 10.2. The molecule has 0 bridgehead atoms. The molecule has 21 heavy (non-hydrogen) atoms. The van der Waals surface area contributed by atoms with Crippen LogP contribution < -0.4 is 0 Å². The number of nitrogens with zero attached hydrogens (tertiary/aromatic N) is 2. The number of hydrogen-bond donors (Lipinski definition) is 0. The molecule has 0 spiro atoms. The van der Waals surface area contributed by atoms with E-state index in [4.69, 9.17) is 11.6 Å². The third-order valence-corrected chi connectivity index (χ3v) is 3.46. The summed E-state index contributed by atoms with van der Waals surface area (Å²) in [4.78, 5) is 12.6. The molecule has 0 amide bonds. The van der Waals surface area contributed by atoms with Crippen LogP contribution in [0.15, 0.2) is 60.8 Å². The molecular weight excluding hydrogens is 291 g/mol. The molecule has 0 aliphatic heterocycles. The van der Waals surface area contributed by atoms with Gasteiger partial charge in [-0.05, 0) is 30.3 Å². The number of aromatic nitrogens is 2. The van der Waals surface area contributed by atoms with Crippen LogP contribution in [-0.2, 0) is 0 Å². The maximum atomic E-state index is 13.5. The lowest BCUT2D eigenvalue weighted by Crippen LogP contribution is -2.10. The van der Waals surface area contributed by atoms with Crippen molar-refractivity contribution in [1.29, 1.82) is 0 Å². The number of ketones is 1. The maximum absolute atomic E-state index is 13.5. The van der Waals surface area contributed by atoms with Gasteiger partial charge >= 0.3 is 0 Å². The predicted octanol–water partition coefficient (Wildman–Crippen LogP) is 3.90. The Kier molecular flexibility index (Phi) is 3.54. The van der Waals surface area contributed by atoms with Gasteiger partial charge in [0.2, 0.25) is 5.78 Å². The van der Waals surface area contributed by atoms with Gasteiger partial charge in [-0.15, -0.1) is 0 Å². The molecule has 0 saturated carbocycles. The normalized spacial score (nSPS) is 10.6. The van der Waals surface area contributed by atoms with E-state index in [0.29, 0.717) is 5.69 Å². The van der Waals surface area contributed by atoms with Gasteiger partial charge in [0, 0.05) is 5.56 Å². The molecular formula is C16H10ClFN2O. The summed E-state index contributed by atoms with van der Waals surface area (Å²) < 4.78 is 15.0. The van der Waals surface area contributed by atoms with Crippen LogP contribution in [0.3, 0.4) is 0 Å². The summed E-state index contributed by atoms with van der Waals surface area (Å²) in [7, 11) is 0. The van der Waals surface area contributed by atoms with E-state index in [1.165, 1.54) is 29.1 Å². The summed E-state index contributed by atoms with van der Waals surface area (Å²) in [6.45, 7) is 0. The van der Waals surface area contributed by atoms with Crippen molar-refractivity contribution in [3.63, 3.8) is 0 Å². The molecule has 3 nitrogen and oxygen atoms in total. The predicted molar refractivity (Wildman–Crippen MR) is 78.4 cm³/mol. The topological polar surface area (TPSA) is 34.9 Å². The molecule has 0 aliphatic rings. The highest BCUT2D eigenvalue weighted by molar-refractivity contribution is 6.35. The van der Waals surface area contributed by atoms with Gasteiger partial charge in [-0.2, -0.15) is 5.10 Å². The molecule has 0 radical (unpaired) electrons. The van der Waals surface area contributed by atoms with Crippen molar-refractivity contribution in [2.75, 3.05) is 0 Å². The van der Waals surface area contributed by atoms with E-state index in [1.54, 1.807) is 6.07 Å². The lowest BCUT2D eigenvalue weighted by molar-refractivity contribution is 0.103. The zero-order valence-electron chi connectivity index (χ0n) is 10.8. The third kappa shape index (κ3) is 2.45. The Bertz CT molecular complexity index is 799. The van der Waals surface area contributed by atoms with Crippen molar-refractivity contribution >= 4 is 17.4 Å². The summed E-state index contributed by atoms with van der Waals surface area (Å²) in [5.41, 5.74) is 1.20. The fourth-order valence-electron chi connectivity index (χ4n) is 2.07. The average molecular weight is 301 g/mol. The number of carbonyl (C=O) groups excluding carboxylic acids is 1. The summed E-state index contributed by atoms with van der Waals surface area (Å²) >= 11 is 5.88. The third-order valence-electron chi connectivity index (χ3n) is 3.07. The van der Waals surface area contributed by atoms with E-state index in [1.807, 2.05) is 30.3 Å². The Hall–Kier alpha value is -2.46. The minimum absolute atomic E-state index is 0.120. The lowest BCUT2D eigenvalue weighted by Gasteiger charge is -2.08. The largest absolute Gasteiger partial charge is 0.287 e. The Morgan fingerprint density at radius 2 is 1.81 bits per heavy atom. The van der Waals surface area contributed by atoms with Gasteiger partial charge in [0.1, 0.15) is 11.5 Å². The summed E-state index contributed by atoms with van der Waals surface area (Å²) in [6, 6.07) is 15.0. The van der Waals surface area contributed by atoms with Crippen LogP contribution in [0.5, 0.6) is 0 Å². The Labute approximate surface area is 125 Å². The van der Waals surface area contributed by atoms with E-state index < -0.39 is 5.82 Å². The van der Waals surface area contributed by atoms with Crippen molar-refractivity contribution in [2.45, 2.75) is 0 Å². The van der Waals surface area contributed by atoms with Gasteiger partial charge in [-0.1, -0.05) is 35.9 Å². The Morgan fingerprint density at radius 1 is 1.05 bits per heavy atom. The maximum Gasteiger partial charge on any atom is 0.213 e.